The fourth-order valence-electron chi connectivity index (χ4n) is 3.03. The van der Waals surface area contributed by atoms with Crippen LogP contribution in [0, 0.1) is 22.7 Å². The molecule has 1 aliphatic carbocycles. The van der Waals surface area contributed by atoms with Gasteiger partial charge in [0, 0.05) is 33.0 Å². The van der Waals surface area contributed by atoms with Crippen LogP contribution in [0.5, 0.6) is 0 Å². The van der Waals surface area contributed by atoms with Crippen molar-refractivity contribution >= 4 is 33.7 Å². The number of allylic oxidation sites excluding steroid dienone is 2. The van der Waals surface area contributed by atoms with E-state index >= 15 is 0 Å². The highest BCUT2D eigenvalue weighted by atomic mass is 16.2. The summed E-state index contributed by atoms with van der Waals surface area (Å²) < 4.78 is 0. The number of carbonyl (C=O) groups is 2. The van der Waals surface area contributed by atoms with Crippen molar-refractivity contribution in [3.63, 3.8) is 0 Å². The van der Waals surface area contributed by atoms with Gasteiger partial charge in [0.15, 0.2) is 0 Å². The quantitative estimate of drug-likeness (QED) is 0.741. The molecule has 1 aliphatic heterocycles. The Morgan fingerprint density at radius 3 is 1.52 bits per heavy atom. The van der Waals surface area contributed by atoms with Crippen LogP contribution in [0.25, 0.3) is 21.9 Å². The zero-order chi connectivity index (χ0) is 14.7. The molecule has 0 aromatic heterocycles. The summed E-state index contributed by atoms with van der Waals surface area (Å²) in [5.74, 6) is -0.916. The van der Waals surface area contributed by atoms with Gasteiger partial charge in [-0.05, 0) is 12.1 Å². The molecule has 96 valence electrons. The van der Waals surface area contributed by atoms with Crippen LogP contribution in [-0.2, 0) is 0 Å². The summed E-state index contributed by atoms with van der Waals surface area (Å²) in [6, 6.07) is 10.6. The Morgan fingerprint density at radius 2 is 1.10 bits per heavy atom. The van der Waals surface area contributed by atoms with Gasteiger partial charge in [0.05, 0.1) is 11.1 Å². The van der Waals surface area contributed by atoms with E-state index in [0.717, 1.165) is 0 Å². The smallest absolute Gasteiger partial charge is 0.258 e. The van der Waals surface area contributed by atoms with Crippen LogP contribution in [0.15, 0.2) is 24.3 Å². The fourth-order valence-corrected chi connectivity index (χ4v) is 3.03. The first-order valence-corrected chi connectivity index (χ1v) is 6.18. The van der Waals surface area contributed by atoms with Gasteiger partial charge in [-0.15, -0.1) is 0 Å². The van der Waals surface area contributed by atoms with Gasteiger partial charge < -0.3 is 0 Å². The van der Waals surface area contributed by atoms with E-state index in [2.05, 4.69) is 5.32 Å². The molecule has 1 heterocycles. The highest BCUT2D eigenvalue weighted by Crippen LogP contribution is 2.44. The lowest BCUT2D eigenvalue weighted by molar-refractivity contribution is 0.0845. The SMILES string of the molecule is N#CC1=C(C#N)c2ccc3c4c(ccc1c24)C(=O)NC3=O. The highest BCUT2D eigenvalue weighted by molar-refractivity contribution is 6.31. The summed E-state index contributed by atoms with van der Waals surface area (Å²) in [6.07, 6.45) is 0. The number of nitrogens with one attached hydrogen (secondary N) is 1. The minimum absolute atomic E-state index is 0.287. The number of nitriles is 2. The molecular formula is C16H5N3O2. The van der Waals surface area contributed by atoms with E-state index in [1.54, 1.807) is 24.3 Å². The molecule has 4 rings (SSSR count). The third kappa shape index (κ3) is 1.18. The highest BCUT2D eigenvalue weighted by Gasteiger charge is 2.32. The molecule has 0 atom stereocenters. The maximum Gasteiger partial charge on any atom is 0.258 e. The molecule has 0 bridgehead atoms. The number of amides is 2. The summed E-state index contributed by atoms with van der Waals surface area (Å²) in [5.41, 5.74) is 2.56. The number of benzene rings is 2. The van der Waals surface area contributed by atoms with Gasteiger partial charge in [-0.2, -0.15) is 10.5 Å². The van der Waals surface area contributed by atoms with Crippen LogP contribution in [0.2, 0.25) is 0 Å². The van der Waals surface area contributed by atoms with Crippen molar-refractivity contribution in [2.75, 3.05) is 0 Å². The molecule has 2 amide bonds. The number of rotatable bonds is 0. The average molecular weight is 271 g/mol. The predicted octanol–water partition coefficient (Wildman–Crippen LogP) is 1.99. The maximum atomic E-state index is 12.0. The van der Waals surface area contributed by atoms with Crippen molar-refractivity contribution in [1.82, 2.24) is 5.32 Å². The molecule has 2 aromatic carbocycles. The van der Waals surface area contributed by atoms with Crippen LogP contribution in [0.1, 0.15) is 31.8 Å². The van der Waals surface area contributed by atoms with Crippen LogP contribution >= 0.6 is 0 Å². The van der Waals surface area contributed by atoms with Gasteiger partial charge in [-0.1, -0.05) is 12.1 Å². The van der Waals surface area contributed by atoms with Crippen molar-refractivity contribution in [2.24, 2.45) is 0 Å². The lowest BCUT2D eigenvalue weighted by Crippen LogP contribution is -2.34. The molecule has 5 heteroatoms. The number of hydrogen-bond acceptors (Lipinski definition) is 4. The molecule has 0 saturated carbocycles. The van der Waals surface area contributed by atoms with Crippen LogP contribution in [0.4, 0.5) is 0 Å². The number of nitrogens with zero attached hydrogens (tertiary/aromatic N) is 2. The molecule has 2 aromatic rings. The van der Waals surface area contributed by atoms with E-state index < -0.39 is 11.8 Å². The summed E-state index contributed by atoms with van der Waals surface area (Å²) in [6.45, 7) is 0. The lowest BCUT2D eigenvalue weighted by atomic mass is 9.91. The van der Waals surface area contributed by atoms with E-state index in [4.69, 9.17) is 0 Å². The first-order chi connectivity index (χ1) is 10.2. The van der Waals surface area contributed by atoms with Crippen LogP contribution in [-0.4, -0.2) is 11.8 Å². The number of hydrogen-bond donors (Lipinski definition) is 1. The predicted molar refractivity (Wildman–Crippen MR) is 73.8 cm³/mol. The molecular weight excluding hydrogens is 266 g/mol. The van der Waals surface area contributed by atoms with Crippen molar-refractivity contribution in [2.45, 2.75) is 0 Å². The fraction of sp³-hybridized carbons (Fsp3) is 0. The number of imide groups is 1. The molecule has 2 aliphatic rings. The summed E-state index contributed by atoms with van der Waals surface area (Å²) >= 11 is 0. The minimum atomic E-state index is -0.458. The molecule has 0 radical (unpaired) electrons. The van der Waals surface area contributed by atoms with Gasteiger partial charge >= 0.3 is 0 Å². The second-order valence-corrected chi connectivity index (χ2v) is 4.83. The van der Waals surface area contributed by atoms with E-state index in [0.29, 0.717) is 33.0 Å². The van der Waals surface area contributed by atoms with Crippen molar-refractivity contribution in [3.05, 3.63) is 46.5 Å². The Morgan fingerprint density at radius 1 is 0.714 bits per heavy atom. The van der Waals surface area contributed by atoms with Gasteiger partial charge in [-0.25, -0.2) is 0 Å². The average Bonchev–Trinajstić information content (AvgIpc) is 2.81. The van der Waals surface area contributed by atoms with Crippen LogP contribution in [0.3, 0.4) is 0 Å². The van der Waals surface area contributed by atoms with Gasteiger partial charge in [0.25, 0.3) is 11.8 Å². The lowest BCUT2D eigenvalue weighted by Gasteiger charge is -2.17. The summed E-state index contributed by atoms with van der Waals surface area (Å²) in [5, 5.41) is 22.0. The molecule has 1 N–H and O–H groups in total. The first kappa shape index (κ1) is 11.4. The Hall–Kier alpha value is -3.44. The second-order valence-electron chi connectivity index (χ2n) is 4.83. The minimum Gasteiger partial charge on any atom is -0.288 e. The third-order valence-electron chi connectivity index (χ3n) is 3.89. The zero-order valence-electron chi connectivity index (χ0n) is 10.5. The normalized spacial score (nSPS) is 15.0. The van der Waals surface area contributed by atoms with Crippen molar-refractivity contribution in [3.8, 4) is 12.1 Å². The molecule has 0 saturated heterocycles. The molecule has 0 spiro atoms. The molecule has 21 heavy (non-hydrogen) atoms. The van der Waals surface area contributed by atoms with Gasteiger partial charge in [0.2, 0.25) is 0 Å². The second kappa shape index (κ2) is 3.56. The third-order valence-corrected chi connectivity index (χ3v) is 3.89. The monoisotopic (exact) mass is 271 g/mol. The maximum absolute atomic E-state index is 12.0. The largest absolute Gasteiger partial charge is 0.288 e. The molecule has 0 unspecified atom stereocenters. The van der Waals surface area contributed by atoms with Gasteiger partial charge in [-0.3, -0.25) is 14.9 Å². The van der Waals surface area contributed by atoms with Crippen LogP contribution < -0.4 is 5.32 Å². The number of carbonyl (C=O) groups excluding carboxylic acids is 2. The Bertz CT molecular complexity index is 940. The zero-order valence-corrected chi connectivity index (χ0v) is 10.5. The van der Waals surface area contributed by atoms with Gasteiger partial charge in [0.1, 0.15) is 12.1 Å². The van der Waals surface area contributed by atoms with E-state index in [1.807, 2.05) is 12.1 Å². The summed E-state index contributed by atoms with van der Waals surface area (Å²) in [7, 11) is 0. The first-order valence-electron chi connectivity index (χ1n) is 6.18. The van der Waals surface area contributed by atoms with E-state index in [-0.39, 0.29) is 11.1 Å². The van der Waals surface area contributed by atoms with E-state index in [1.165, 1.54) is 0 Å². The topological polar surface area (TPSA) is 93.8 Å². The molecule has 0 fully saturated rings. The Kier molecular flexibility index (Phi) is 1.93. The Labute approximate surface area is 118 Å². The van der Waals surface area contributed by atoms with Crippen molar-refractivity contribution in [1.29, 1.82) is 10.5 Å². The standard InChI is InChI=1S/C16H5N3O2/c17-5-11-7-1-3-9-14-10(16(21)19-15(9)20)4-2-8(13(7)14)12(11)6-18/h1-4H,(H,19,20,21). The van der Waals surface area contributed by atoms with Crippen molar-refractivity contribution < 1.29 is 9.59 Å². The Balaban J connectivity index is 2.27. The molecule has 5 nitrogen and oxygen atoms in total. The van der Waals surface area contributed by atoms with E-state index in [9.17, 15) is 20.1 Å². The summed E-state index contributed by atoms with van der Waals surface area (Å²) in [4.78, 5) is 23.9.